The normalized spacial score (nSPS) is 10.6. The molecule has 0 atom stereocenters. The monoisotopic (exact) mass is 349 g/mol. The summed E-state index contributed by atoms with van der Waals surface area (Å²) in [5, 5.41) is 8.64. The van der Waals surface area contributed by atoms with Gasteiger partial charge in [0.05, 0.1) is 11.9 Å². The second-order valence-electron chi connectivity index (χ2n) is 5.00. The highest BCUT2D eigenvalue weighted by molar-refractivity contribution is 7.14. The van der Waals surface area contributed by atoms with Gasteiger partial charge in [0.15, 0.2) is 0 Å². The summed E-state index contributed by atoms with van der Waals surface area (Å²) >= 11 is 1.40. The van der Waals surface area contributed by atoms with E-state index in [1.807, 2.05) is 35.7 Å². The van der Waals surface area contributed by atoms with Crippen molar-refractivity contribution >= 4 is 22.9 Å². The number of hydrogen-bond donors (Lipinski definition) is 1. The highest BCUT2D eigenvalue weighted by Crippen LogP contribution is 2.33. The number of nitrogens with one attached hydrogen (secondary N) is 1. The zero-order valence-corrected chi connectivity index (χ0v) is 13.6. The molecule has 0 bridgehead atoms. The van der Waals surface area contributed by atoms with Gasteiger partial charge in [0, 0.05) is 18.0 Å². The molecule has 25 heavy (non-hydrogen) atoms. The number of carbonyl (C=O) groups is 1. The van der Waals surface area contributed by atoms with E-state index < -0.39 is 0 Å². The summed E-state index contributed by atoms with van der Waals surface area (Å²) in [7, 11) is 0. The van der Waals surface area contributed by atoms with E-state index in [9.17, 15) is 4.79 Å². The number of carbonyl (C=O) groups excluding carboxylic acids is 1. The summed E-state index contributed by atoms with van der Waals surface area (Å²) < 4.78 is 5.36. The molecule has 0 unspecified atom stereocenters. The van der Waals surface area contributed by atoms with Crippen LogP contribution >= 0.6 is 11.3 Å². The van der Waals surface area contributed by atoms with Crippen LogP contribution in [0.1, 0.15) is 10.5 Å². The molecule has 0 radical (unpaired) electrons. The lowest BCUT2D eigenvalue weighted by Gasteiger charge is -2.03. The zero-order valence-electron chi connectivity index (χ0n) is 12.8. The minimum absolute atomic E-state index is 0.232. The summed E-state index contributed by atoms with van der Waals surface area (Å²) in [4.78, 5) is 25.2. The van der Waals surface area contributed by atoms with E-state index in [1.54, 1.807) is 6.07 Å². The molecule has 0 saturated carbocycles. The van der Waals surface area contributed by atoms with Crippen LogP contribution < -0.4 is 5.32 Å². The van der Waals surface area contributed by atoms with Crippen LogP contribution in [0.5, 0.6) is 0 Å². The van der Waals surface area contributed by atoms with Crippen LogP contribution in [-0.2, 0) is 0 Å². The minimum Gasteiger partial charge on any atom is -0.333 e. The van der Waals surface area contributed by atoms with Crippen LogP contribution in [0.25, 0.3) is 22.2 Å². The van der Waals surface area contributed by atoms with Crippen molar-refractivity contribution < 1.29 is 9.32 Å². The smallest absolute Gasteiger partial charge is 0.275 e. The van der Waals surface area contributed by atoms with Crippen molar-refractivity contribution in [3.63, 3.8) is 0 Å². The van der Waals surface area contributed by atoms with Crippen molar-refractivity contribution in [2.75, 3.05) is 5.32 Å². The molecule has 1 N–H and O–H groups in total. The van der Waals surface area contributed by atoms with Crippen LogP contribution in [0.2, 0.25) is 0 Å². The predicted molar refractivity (Wildman–Crippen MR) is 93.0 cm³/mol. The van der Waals surface area contributed by atoms with E-state index in [-0.39, 0.29) is 11.6 Å². The van der Waals surface area contributed by atoms with Crippen LogP contribution in [0.4, 0.5) is 5.69 Å². The van der Waals surface area contributed by atoms with E-state index in [0.29, 0.717) is 22.3 Å². The van der Waals surface area contributed by atoms with Crippen LogP contribution in [0.3, 0.4) is 0 Å². The molecule has 3 heterocycles. The fraction of sp³-hybridized carbons (Fsp3) is 0. The van der Waals surface area contributed by atoms with Gasteiger partial charge in [0.2, 0.25) is 5.82 Å². The average molecular weight is 349 g/mol. The standard InChI is InChI=1S/C17H11N5O2S/c23-16(13-10-18-7-8-19-13)20-12-6-9-25-14(12)17-21-15(22-24-17)11-4-2-1-3-5-11/h1-10H,(H,20,23). The highest BCUT2D eigenvalue weighted by Gasteiger charge is 2.18. The maximum atomic E-state index is 12.2. The van der Waals surface area contributed by atoms with Crippen LogP contribution in [0.15, 0.2) is 64.9 Å². The zero-order chi connectivity index (χ0) is 17.1. The van der Waals surface area contributed by atoms with Crippen molar-refractivity contribution in [3.8, 4) is 22.2 Å². The Balaban J connectivity index is 1.60. The van der Waals surface area contributed by atoms with Gasteiger partial charge in [-0.05, 0) is 11.4 Å². The van der Waals surface area contributed by atoms with Gasteiger partial charge >= 0.3 is 0 Å². The van der Waals surface area contributed by atoms with Crippen molar-refractivity contribution in [2.45, 2.75) is 0 Å². The third-order valence-corrected chi connectivity index (χ3v) is 4.26. The first-order valence-electron chi connectivity index (χ1n) is 7.35. The van der Waals surface area contributed by atoms with Gasteiger partial charge in [-0.2, -0.15) is 4.98 Å². The van der Waals surface area contributed by atoms with E-state index in [0.717, 1.165) is 5.56 Å². The maximum absolute atomic E-state index is 12.2. The fourth-order valence-corrected chi connectivity index (χ4v) is 2.97. The number of benzene rings is 1. The quantitative estimate of drug-likeness (QED) is 0.606. The summed E-state index contributed by atoms with van der Waals surface area (Å²) in [5.74, 6) is 0.494. The number of anilines is 1. The number of amides is 1. The Morgan fingerprint density at radius 1 is 1.12 bits per heavy atom. The molecular weight excluding hydrogens is 338 g/mol. The predicted octanol–water partition coefficient (Wildman–Crippen LogP) is 3.51. The summed E-state index contributed by atoms with van der Waals surface area (Å²) in [5.41, 5.74) is 1.68. The van der Waals surface area contributed by atoms with Crippen molar-refractivity contribution in [1.82, 2.24) is 20.1 Å². The number of thiophene rings is 1. The summed E-state index contributed by atoms with van der Waals surface area (Å²) in [6.45, 7) is 0. The first kappa shape index (κ1) is 15.2. The van der Waals surface area contributed by atoms with E-state index in [4.69, 9.17) is 4.52 Å². The lowest BCUT2D eigenvalue weighted by molar-refractivity contribution is 0.102. The first-order valence-corrected chi connectivity index (χ1v) is 8.23. The molecular formula is C17H11N5O2S. The van der Waals surface area contributed by atoms with Crippen molar-refractivity contribution in [2.24, 2.45) is 0 Å². The van der Waals surface area contributed by atoms with Gasteiger partial charge in [-0.1, -0.05) is 35.5 Å². The summed E-state index contributed by atoms with van der Waals surface area (Å²) in [6, 6.07) is 11.3. The summed E-state index contributed by atoms with van der Waals surface area (Å²) in [6.07, 6.45) is 4.38. The Hall–Kier alpha value is -3.39. The van der Waals surface area contributed by atoms with Crippen LogP contribution in [-0.4, -0.2) is 26.0 Å². The number of nitrogens with zero attached hydrogens (tertiary/aromatic N) is 4. The molecule has 3 aromatic heterocycles. The molecule has 0 saturated heterocycles. The minimum atomic E-state index is -0.351. The molecule has 1 amide bonds. The van der Waals surface area contributed by atoms with Gasteiger partial charge in [0.25, 0.3) is 11.8 Å². The fourth-order valence-electron chi connectivity index (χ4n) is 2.20. The SMILES string of the molecule is O=C(Nc1ccsc1-c1nc(-c2ccccc2)no1)c1cnccn1. The highest BCUT2D eigenvalue weighted by atomic mass is 32.1. The van der Waals surface area contributed by atoms with Gasteiger partial charge in [-0.3, -0.25) is 9.78 Å². The van der Waals surface area contributed by atoms with Gasteiger partial charge in [-0.15, -0.1) is 11.3 Å². The number of hydrogen-bond acceptors (Lipinski definition) is 7. The molecule has 0 aliphatic carbocycles. The molecule has 122 valence electrons. The Labute approximate surface area is 146 Å². The molecule has 0 fully saturated rings. The largest absolute Gasteiger partial charge is 0.333 e. The van der Waals surface area contributed by atoms with Crippen molar-refractivity contribution in [3.05, 3.63) is 66.1 Å². The van der Waals surface area contributed by atoms with E-state index >= 15 is 0 Å². The average Bonchev–Trinajstić information content (AvgIpc) is 3.32. The third kappa shape index (κ3) is 3.15. The molecule has 1 aromatic carbocycles. The Bertz CT molecular complexity index is 998. The second-order valence-corrected chi connectivity index (χ2v) is 5.91. The van der Waals surface area contributed by atoms with Gasteiger partial charge < -0.3 is 9.84 Å². The molecule has 4 rings (SSSR count). The molecule has 8 heteroatoms. The Morgan fingerprint density at radius 2 is 2.00 bits per heavy atom. The first-order chi connectivity index (χ1) is 12.3. The third-order valence-electron chi connectivity index (χ3n) is 3.36. The van der Waals surface area contributed by atoms with Crippen LogP contribution in [0, 0.1) is 0 Å². The Morgan fingerprint density at radius 3 is 2.80 bits per heavy atom. The number of aromatic nitrogens is 4. The molecule has 4 aromatic rings. The Kier molecular flexibility index (Phi) is 4.01. The molecule has 0 aliphatic heterocycles. The number of rotatable bonds is 4. The maximum Gasteiger partial charge on any atom is 0.275 e. The van der Waals surface area contributed by atoms with E-state index in [2.05, 4.69) is 25.4 Å². The van der Waals surface area contributed by atoms with E-state index in [1.165, 1.54) is 29.9 Å². The second kappa shape index (κ2) is 6.62. The van der Waals surface area contributed by atoms with Crippen molar-refractivity contribution in [1.29, 1.82) is 0 Å². The lowest BCUT2D eigenvalue weighted by atomic mass is 10.2. The van der Waals surface area contributed by atoms with Gasteiger partial charge in [0.1, 0.15) is 10.6 Å². The molecule has 0 aliphatic rings. The molecule has 7 nitrogen and oxygen atoms in total. The van der Waals surface area contributed by atoms with Gasteiger partial charge in [-0.25, -0.2) is 4.98 Å². The topological polar surface area (TPSA) is 93.8 Å². The lowest BCUT2D eigenvalue weighted by Crippen LogP contribution is -2.13. The molecule has 0 spiro atoms.